The van der Waals surface area contributed by atoms with E-state index in [9.17, 15) is 14.9 Å². The van der Waals surface area contributed by atoms with Crippen LogP contribution in [0, 0.1) is 29.1 Å². The average Bonchev–Trinajstić information content (AvgIpc) is 3.05. The molecule has 1 fully saturated rings. The van der Waals surface area contributed by atoms with Crippen molar-refractivity contribution in [3.63, 3.8) is 0 Å². The molecular weight excluding hydrogens is 326 g/mol. The van der Waals surface area contributed by atoms with Gasteiger partial charge < -0.3 is 4.79 Å². The molecular formula is C21H21N3O2. The minimum absolute atomic E-state index is 0.0499. The van der Waals surface area contributed by atoms with Crippen LogP contribution in [0.1, 0.15) is 43.9 Å². The first-order chi connectivity index (χ1) is 12.5. The predicted octanol–water partition coefficient (Wildman–Crippen LogP) is 2.99. The number of ketones is 1. The molecule has 132 valence electrons. The van der Waals surface area contributed by atoms with Gasteiger partial charge in [0.25, 0.3) is 0 Å². The van der Waals surface area contributed by atoms with Crippen molar-refractivity contribution in [2.24, 2.45) is 17.8 Å². The van der Waals surface area contributed by atoms with E-state index in [0.717, 1.165) is 36.2 Å². The van der Waals surface area contributed by atoms with Gasteiger partial charge in [-0.15, -0.1) is 0 Å². The fourth-order valence-corrected chi connectivity index (χ4v) is 5.12. The molecule has 1 unspecified atom stereocenters. The van der Waals surface area contributed by atoms with Crippen molar-refractivity contribution in [3.8, 4) is 11.8 Å². The molecule has 0 N–H and O–H groups in total. The second-order valence-electron chi connectivity index (χ2n) is 7.71. The molecule has 1 aromatic carbocycles. The number of nitriles is 1. The molecule has 0 spiro atoms. The van der Waals surface area contributed by atoms with Crippen LogP contribution in [0.25, 0.3) is 5.69 Å². The van der Waals surface area contributed by atoms with E-state index in [-0.39, 0.29) is 23.0 Å². The Hall–Kier alpha value is -2.74. The smallest absolute Gasteiger partial charge is 0.217 e. The molecule has 0 radical (unpaired) electrons. The van der Waals surface area contributed by atoms with Gasteiger partial charge >= 0.3 is 0 Å². The summed E-state index contributed by atoms with van der Waals surface area (Å²) in [6.45, 7) is 4.05. The number of carbonyl (C=O) groups excluding carboxylic acids is 2. The number of imidazole rings is 1. The number of aldehydes is 1. The third kappa shape index (κ3) is 2.18. The van der Waals surface area contributed by atoms with Gasteiger partial charge in [0.1, 0.15) is 18.1 Å². The van der Waals surface area contributed by atoms with E-state index >= 15 is 0 Å². The molecule has 0 amide bonds. The maximum atomic E-state index is 12.5. The summed E-state index contributed by atoms with van der Waals surface area (Å²) in [6.07, 6.45) is 2.91. The Balaban J connectivity index is 1.91. The number of aromatic nitrogens is 2. The average molecular weight is 347 g/mol. The molecule has 2 aliphatic rings. The third-order valence-corrected chi connectivity index (χ3v) is 6.36. The van der Waals surface area contributed by atoms with E-state index in [1.165, 1.54) is 0 Å². The number of hydrogen-bond acceptors (Lipinski definition) is 4. The number of nitrogens with zero attached hydrogens (tertiary/aromatic N) is 3. The zero-order valence-corrected chi connectivity index (χ0v) is 15.0. The summed E-state index contributed by atoms with van der Waals surface area (Å²) in [7, 11) is 0. The number of hydrogen-bond donors (Lipinski definition) is 0. The molecule has 1 aromatic heterocycles. The number of benzene rings is 1. The van der Waals surface area contributed by atoms with Gasteiger partial charge in [-0.2, -0.15) is 5.26 Å². The molecule has 26 heavy (non-hydrogen) atoms. The van der Waals surface area contributed by atoms with Crippen LogP contribution in [-0.4, -0.2) is 21.6 Å². The normalized spacial score (nSPS) is 30.2. The monoisotopic (exact) mass is 347 g/mol. The first-order valence-corrected chi connectivity index (χ1v) is 9.08. The summed E-state index contributed by atoms with van der Waals surface area (Å²) in [5.74, 6) is -0.164. The minimum atomic E-state index is -0.579. The molecule has 0 bridgehead atoms. The van der Waals surface area contributed by atoms with Gasteiger partial charge in [0.15, 0.2) is 0 Å². The van der Waals surface area contributed by atoms with Crippen molar-refractivity contribution < 1.29 is 9.59 Å². The Morgan fingerprint density at radius 1 is 1.35 bits per heavy atom. The number of para-hydroxylation sites is 1. The van der Waals surface area contributed by atoms with Crippen LogP contribution in [0.4, 0.5) is 0 Å². The Kier molecular flexibility index (Phi) is 3.80. The number of Topliss-reactive ketones (excluding diaryl/α,β-unsaturated/α-hetero) is 1. The summed E-state index contributed by atoms with van der Waals surface area (Å²) < 4.78 is 1.94. The van der Waals surface area contributed by atoms with E-state index in [1.54, 1.807) is 0 Å². The number of carbonyl (C=O) groups is 2. The van der Waals surface area contributed by atoms with Gasteiger partial charge in [-0.1, -0.05) is 32.0 Å². The van der Waals surface area contributed by atoms with E-state index in [2.05, 4.69) is 13.0 Å². The van der Waals surface area contributed by atoms with Crippen LogP contribution in [0.5, 0.6) is 0 Å². The van der Waals surface area contributed by atoms with Crippen LogP contribution >= 0.6 is 0 Å². The maximum Gasteiger partial charge on any atom is 0.217 e. The van der Waals surface area contributed by atoms with Crippen molar-refractivity contribution in [2.45, 2.75) is 38.5 Å². The molecule has 4 rings (SSSR count). The number of fused-ring (bicyclic) bond motifs is 3. The molecule has 5 heteroatoms. The van der Waals surface area contributed by atoms with Crippen molar-refractivity contribution >= 4 is 12.1 Å². The highest BCUT2D eigenvalue weighted by Crippen LogP contribution is 2.52. The van der Waals surface area contributed by atoms with Crippen LogP contribution in [0.2, 0.25) is 0 Å². The lowest BCUT2D eigenvalue weighted by atomic mass is 9.54. The molecule has 5 nitrogen and oxygen atoms in total. The summed E-state index contributed by atoms with van der Waals surface area (Å²) >= 11 is 0. The van der Waals surface area contributed by atoms with Crippen LogP contribution in [0.3, 0.4) is 0 Å². The Bertz CT molecular complexity index is 925. The van der Waals surface area contributed by atoms with E-state index < -0.39 is 5.92 Å². The lowest BCUT2D eigenvalue weighted by molar-refractivity contribution is -0.137. The standard InChI is InChI=1S/C21H21N3O2/c1-13-16-8-9-17-20(21(16,2)10-14(12-25)19(13)26)23-18(11-22)24(17)15-6-4-3-5-7-15/h3-7,12-14,16H,8-10H2,1-2H3/t13-,14?,16-,21-/m0/s1. The zero-order chi connectivity index (χ0) is 18.5. The van der Waals surface area contributed by atoms with Gasteiger partial charge in [-0.3, -0.25) is 9.36 Å². The SMILES string of the molecule is C[C@@H]1C(=O)C(C=O)C[C@]2(C)c3nc(C#N)n(-c4ccccc4)c3CC[C@@H]12. The van der Waals surface area contributed by atoms with E-state index in [4.69, 9.17) is 4.98 Å². The van der Waals surface area contributed by atoms with Crippen LogP contribution in [0.15, 0.2) is 30.3 Å². The fraction of sp³-hybridized carbons (Fsp3) is 0.429. The lowest BCUT2D eigenvalue weighted by Crippen LogP contribution is -2.51. The van der Waals surface area contributed by atoms with Crippen molar-refractivity contribution in [1.29, 1.82) is 5.26 Å². The molecule has 0 saturated heterocycles. The molecule has 0 aliphatic heterocycles. The van der Waals surface area contributed by atoms with E-state index in [1.807, 2.05) is 41.8 Å². The minimum Gasteiger partial charge on any atom is -0.303 e. The van der Waals surface area contributed by atoms with Gasteiger partial charge in [0.05, 0.1) is 11.6 Å². The van der Waals surface area contributed by atoms with Gasteiger partial charge in [-0.05, 0) is 37.3 Å². The van der Waals surface area contributed by atoms with Gasteiger partial charge in [0.2, 0.25) is 5.82 Å². The van der Waals surface area contributed by atoms with Crippen molar-refractivity contribution in [3.05, 3.63) is 47.5 Å². The highest BCUT2D eigenvalue weighted by molar-refractivity contribution is 5.96. The summed E-state index contributed by atoms with van der Waals surface area (Å²) in [5.41, 5.74) is 2.49. The first-order valence-electron chi connectivity index (χ1n) is 9.08. The summed E-state index contributed by atoms with van der Waals surface area (Å²) in [5, 5.41) is 9.66. The maximum absolute atomic E-state index is 12.5. The Labute approximate surface area is 152 Å². The van der Waals surface area contributed by atoms with Gasteiger partial charge in [-0.25, -0.2) is 4.98 Å². The topological polar surface area (TPSA) is 75.8 Å². The fourth-order valence-electron chi connectivity index (χ4n) is 5.12. The Morgan fingerprint density at radius 3 is 2.73 bits per heavy atom. The van der Waals surface area contributed by atoms with Crippen molar-refractivity contribution in [2.75, 3.05) is 0 Å². The molecule has 1 heterocycles. The van der Waals surface area contributed by atoms with Crippen molar-refractivity contribution in [1.82, 2.24) is 9.55 Å². The first kappa shape index (κ1) is 16.7. The quantitative estimate of drug-likeness (QED) is 0.618. The van der Waals surface area contributed by atoms with Crippen LogP contribution < -0.4 is 0 Å². The highest BCUT2D eigenvalue weighted by atomic mass is 16.1. The second-order valence-corrected chi connectivity index (χ2v) is 7.71. The Morgan fingerprint density at radius 2 is 2.08 bits per heavy atom. The van der Waals surface area contributed by atoms with Crippen LogP contribution in [-0.2, 0) is 21.4 Å². The summed E-state index contributed by atoms with van der Waals surface area (Å²) in [6, 6.07) is 12.0. The van der Waals surface area contributed by atoms with Gasteiger partial charge in [0, 0.05) is 22.7 Å². The lowest BCUT2D eigenvalue weighted by Gasteiger charge is -2.48. The molecule has 2 aliphatic carbocycles. The molecule has 2 aromatic rings. The third-order valence-electron chi connectivity index (χ3n) is 6.36. The zero-order valence-electron chi connectivity index (χ0n) is 15.0. The summed E-state index contributed by atoms with van der Waals surface area (Å²) in [4.78, 5) is 28.7. The largest absolute Gasteiger partial charge is 0.303 e. The number of rotatable bonds is 2. The molecule has 1 saturated carbocycles. The predicted molar refractivity (Wildman–Crippen MR) is 95.8 cm³/mol. The molecule has 4 atom stereocenters. The highest BCUT2D eigenvalue weighted by Gasteiger charge is 2.53. The van der Waals surface area contributed by atoms with E-state index in [0.29, 0.717) is 12.2 Å². The second kappa shape index (κ2) is 5.91.